The zero-order valence-corrected chi connectivity index (χ0v) is 7.32. The third-order valence-electron chi connectivity index (χ3n) is 1.75. The number of fused-ring (bicyclic) bond motifs is 1. The molecule has 0 spiro atoms. The highest BCUT2D eigenvalue weighted by Gasteiger charge is 2.24. The quantitative estimate of drug-likeness (QED) is 0.738. The topological polar surface area (TPSA) is 52.3 Å². The van der Waals surface area contributed by atoms with Gasteiger partial charge in [0.05, 0.1) is 0 Å². The number of rotatable bonds is 2. The van der Waals surface area contributed by atoms with E-state index in [4.69, 9.17) is 10.5 Å². The van der Waals surface area contributed by atoms with Crippen LogP contribution < -0.4 is 10.5 Å². The standard InChI is InChI=1S/C8H9NO2S/c9-2-1-5-3-7-8(12-5)6(10)4-11-7/h3H,1-2,4,9H2. The van der Waals surface area contributed by atoms with Crippen LogP contribution in [0.15, 0.2) is 6.07 Å². The third kappa shape index (κ3) is 1.13. The van der Waals surface area contributed by atoms with Crippen molar-refractivity contribution >= 4 is 17.1 Å². The molecule has 4 heteroatoms. The van der Waals surface area contributed by atoms with Crippen molar-refractivity contribution in [3.8, 4) is 5.75 Å². The number of carbonyl (C=O) groups is 1. The summed E-state index contributed by atoms with van der Waals surface area (Å²) in [7, 11) is 0. The molecule has 0 atom stereocenters. The van der Waals surface area contributed by atoms with Crippen LogP contribution in [0.25, 0.3) is 0 Å². The molecule has 64 valence electrons. The normalized spacial score (nSPS) is 14.6. The van der Waals surface area contributed by atoms with E-state index < -0.39 is 0 Å². The predicted octanol–water partition coefficient (Wildman–Crippen LogP) is 0.824. The number of nitrogens with two attached hydrogens (primary N) is 1. The van der Waals surface area contributed by atoms with E-state index >= 15 is 0 Å². The summed E-state index contributed by atoms with van der Waals surface area (Å²) in [6.45, 7) is 0.831. The first-order valence-electron chi connectivity index (χ1n) is 3.80. The van der Waals surface area contributed by atoms with E-state index in [1.807, 2.05) is 6.07 Å². The second-order valence-electron chi connectivity index (χ2n) is 2.66. The Balaban J connectivity index is 2.30. The van der Waals surface area contributed by atoms with Crippen LogP contribution in [-0.4, -0.2) is 18.9 Å². The summed E-state index contributed by atoms with van der Waals surface area (Å²) in [4.78, 5) is 13.0. The van der Waals surface area contributed by atoms with Crippen LogP contribution in [0, 0.1) is 0 Å². The van der Waals surface area contributed by atoms with Gasteiger partial charge in [0, 0.05) is 4.88 Å². The molecule has 0 bridgehead atoms. The van der Waals surface area contributed by atoms with Gasteiger partial charge in [0.1, 0.15) is 10.6 Å². The number of Topliss-reactive ketones (excluding diaryl/α,β-unsaturated/α-hetero) is 1. The Labute approximate surface area is 74.1 Å². The molecule has 1 aliphatic heterocycles. The predicted molar refractivity (Wildman–Crippen MR) is 46.9 cm³/mol. The minimum atomic E-state index is 0.0956. The minimum Gasteiger partial charge on any atom is -0.484 e. The van der Waals surface area contributed by atoms with Gasteiger partial charge in [-0.15, -0.1) is 11.3 Å². The molecule has 1 aliphatic rings. The van der Waals surface area contributed by atoms with Crippen LogP contribution in [0.4, 0.5) is 0 Å². The zero-order valence-electron chi connectivity index (χ0n) is 6.50. The first-order valence-corrected chi connectivity index (χ1v) is 4.61. The van der Waals surface area contributed by atoms with Gasteiger partial charge in [-0.05, 0) is 19.0 Å². The lowest BCUT2D eigenvalue weighted by molar-refractivity contribution is 0.0963. The first-order chi connectivity index (χ1) is 5.81. The number of thiophene rings is 1. The molecule has 12 heavy (non-hydrogen) atoms. The van der Waals surface area contributed by atoms with Crippen LogP contribution in [0.3, 0.4) is 0 Å². The average molecular weight is 183 g/mol. The van der Waals surface area contributed by atoms with Crippen LogP contribution >= 0.6 is 11.3 Å². The van der Waals surface area contributed by atoms with Crippen molar-refractivity contribution in [3.05, 3.63) is 15.8 Å². The van der Waals surface area contributed by atoms with Crippen molar-refractivity contribution in [2.24, 2.45) is 5.73 Å². The van der Waals surface area contributed by atoms with E-state index in [-0.39, 0.29) is 12.4 Å². The lowest BCUT2D eigenvalue weighted by Gasteiger charge is -1.91. The summed E-state index contributed by atoms with van der Waals surface area (Å²) in [6, 6.07) is 1.91. The fraction of sp³-hybridized carbons (Fsp3) is 0.375. The molecule has 0 saturated carbocycles. The number of ketones is 1. The summed E-state index contributed by atoms with van der Waals surface area (Å²) in [5.41, 5.74) is 5.39. The van der Waals surface area contributed by atoms with Gasteiger partial charge < -0.3 is 10.5 Å². The van der Waals surface area contributed by atoms with E-state index in [0.29, 0.717) is 6.54 Å². The van der Waals surface area contributed by atoms with E-state index in [2.05, 4.69) is 0 Å². The van der Waals surface area contributed by atoms with Crippen LogP contribution in [0.2, 0.25) is 0 Å². The monoisotopic (exact) mass is 183 g/mol. The van der Waals surface area contributed by atoms with Crippen molar-refractivity contribution in [2.75, 3.05) is 13.2 Å². The van der Waals surface area contributed by atoms with Gasteiger partial charge in [-0.25, -0.2) is 0 Å². The van der Waals surface area contributed by atoms with Crippen molar-refractivity contribution in [2.45, 2.75) is 6.42 Å². The first kappa shape index (κ1) is 7.76. The van der Waals surface area contributed by atoms with Crippen molar-refractivity contribution in [1.29, 1.82) is 0 Å². The molecule has 0 amide bonds. The Hall–Kier alpha value is -0.870. The fourth-order valence-electron chi connectivity index (χ4n) is 1.20. The van der Waals surface area contributed by atoms with Gasteiger partial charge in [0.25, 0.3) is 0 Å². The highest BCUT2D eigenvalue weighted by atomic mass is 32.1. The molecule has 1 aromatic rings. The fourth-order valence-corrected chi connectivity index (χ4v) is 2.24. The molecule has 3 nitrogen and oxygen atoms in total. The molecule has 2 rings (SSSR count). The van der Waals surface area contributed by atoms with Gasteiger partial charge in [-0.1, -0.05) is 0 Å². The largest absolute Gasteiger partial charge is 0.484 e. The van der Waals surface area contributed by atoms with Gasteiger partial charge in [0.15, 0.2) is 6.61 Å². The second-order valence-corrected chi connectivity index (χ2v) is 3.79. The molecule has 1 aromatic heterocycles. The molecule has 0 saturated heterocycles. The van der Waals surface area contributed by atoms with E-state index in [1.54, 1.807) is 0 Å². The minimum absolute atomic E-state index is 0.0956. The van der Waals surface area contributed by atoms with E-state index in [9.17, 15) is 4.79 Å². The lowest BCUT2D eigenvalue weighted by atomic mass is 10.3. The maximum absolute atomic E-state index is 11.1. The molecular weight excluding hydrogens is 174 g/mol. The summed E-state index contributed by atoms with van der Waals surface area (Å²) in [6.07, 6.45) is 0.828. The summed E-state index contributed by atoms with van der Waals surface area (Å²) in [5, 5.41) is 0. The lowest BCUT2D eigenvalue weighted by Crippen LogP contribution is -2.02. The van der Waals surface area contributed by atoms with E-state index in [1.165, 1.54) is 11.3 Å². The van der Waals surface area contributed by atoms with E-state index in [0.717, 1.165) is 21.9 Å². The Bertz CT molecular complexity index is 319. The van der Waals surface area contributed by atoms with Gasteiger partial charge in [-0.2, -0.15) is 0 Å². The van der Waals surface area contributed by atoms with Crippen molar-refractivity contribution in [1.82, 2.24) is 0 Å². The molecule has 2 N–H and O–H groups in total. The van der Waals surface area contributed by atoms with Crippen LogP contribution in [0.5, 0.6) is 5.75 Å². The second kappa shape index (κ2) is 2.88. The summed E-state index contributed by atoms with van der Waals surface area (Å²) < 4.78 is 5.16. The SMILES string of the molecule is NCCc1cc2c(s1)C(=O)CO2. The highest BCUT2D eigenvalue weighted by Crippen LogP contribution is 2.33. The molecule has 0 unspecified atom stereocenters. The highest BCUT2D eigenvalue weighted by molar-refractivity contribution is 7.14. The maximum Gasteiger partial charge on any atom is 0.213 e. The average Bonchev–Trinajstić information content (AvgIpc) is 2.55. The van der Waals surface area contributed by atoms with Crippen molar-refractivity contribution < 1.29 is 9.53 Å². The smallest absolute Gasteiger partial charge is 0.213 e. The Morgan fingerprint density at radius 1 is 1.67 bits per heavy atom. The molecular formula is C8H9NO2S. The van der Waals surface area contributed by atoms with Crippen molar-refractivity contribution in [3.63, 3.8) is 0 Å². The molecule has 0 fully saturated rings. The molecule has 0 aromatic carbocycles. The number of hydrogen-bond acceptors (Lipinski definition) is 4. The Kier molecular flexibility index (Phi) is 1.86. The molecule has 0 radical (unpaired) electrons. The number of carbonyl (C=O) groups excluding carboxylic acids is 1. The third-order valence-corrected chi connectivity index (χ3v) is 2.97. The zero-order chi connectivity index (χ0) is 8.55. The van der Waals surface area contributed by atoms with Crippen LogP contribution in [0.1, 0.15) is 14.5 Å². The molecule has 0 aliphatic carbocycles. The Morgan fingerprint density at radius 3 is 3.17 bits per heavy atom. The number of ether oxygens (including phenoxy) is 1. The summed E-state index contributed by atoms with van der Waals surface area (Å²) >= 11 is 1.50. The molecule has 2 heterocycles. The number of hydrogen-bond donors (Lipinski definition) is 1. The maximum atomic E-state index is 11.1. The summed E-state index contributed by atoms with van der Waals surface area (Å²) in [5.74, 6) is 0.840. The van der Waals surface area contributed by atoms with Gasteiger partial charge >= 0.3 is 0 Å². The van der Waals surface area contributed by atoms with Crippen LogP contribution in [-0.2, 0) is 6.42 Å². The Morgan fingerprint density at radius 2 is 2.50 bits per heavy atom. The van der Waals surface area contributed by atoms with Gasteiger partial charge in [-0.3, -0.25) is 4.79 Å². The van der Waals surface area contributed by atoms with Gasteiger partial charge in [0.2, 0.25) is 5.78 Å².